The van der Waals surface area contributed by atoms with Gasteiger partial charge in [-0.1, -0.05) is 0 Å². The highest BCUT2D eigenvalue weighted by atomic mass is 35.6. The van der Waals surface area contributed by atoms with Gasteiger partial charge >= 0.3 is 35.4 Å². The molecule has 0 radical (unpaired) electrons. The Morgan fingerprint density at radius 3 is 1.66 bits per heavy atom. The molecule has 0 spiro atoms. The van der Waals surface area contributed by atoms with Gasteiger partial charge in [-0.15, -0.1) is 22.2 Å². The van der Waals surface area contributed by atoms with Gasteiger partial charge in [-0.3, -0.25) is 0 Å². The average molecular weight is 592 g/mol. The summed E-state index contributed by atoms with van der Waals surface area (Å²) in [5.41, 5.74) is 0. The van der Waals surface area contributed by atoms with E-state index in [0.29, 0.717) is 0 Å². The Morgan fingerprint density at radius 1 is 0.750 bits per heavy atom. The zero-order valence-corrected chi connectivity index (χ0v) is 24.5. The summed E-state index contributed by atoms with van der Waals surface area (Å²) in [4.78, 5) is 0. The molecule has 0 aromatic carbocycles. The number of halogens is 9. The molecular weight excluding hydrogens is 560 g/mol. The summed E-state index contributed by atoms with van der Waals surface area (Å²) >= 11 is 12.7. The second-order valence-corrected chi connectivity index (χ2v) is 27.4. The summed E-state index contributed by atoms with van der Waals surface area (Å²) < 4.78 is 112. The first kappa shape index (κ1) is 32.8. The smallest absolute Gasteiger partial charge is 0.372 e. The number of hydrogen-bond acceptors (Lipinski definition) is 4. The van der Waals surface area contributed by atoms with Crippen molar-refractivity contribution in [3.8, 4) is 0 Å². The lowest BCUT2D eigenvalue weighted by molar-refractivity contribution is -0.289. The Bertz CT molecular complexity index is 597. The van der Waals surface area contributed by atoms with Crippen LogP contribution in [0, 0.1) is 0 Å². The highest BCUT2D eigenvalue weighted by Crippen LogP contribution is 2.42. The molecule has 0 aromatic heterocycles. The number of alkyl halides is 7. The Kier molecular flexibility index (Phi) is 12.0. The van der Waals surface area contributed by atoms with Crippen molar-refractivity contribution in [1.82, 2.24) is 0 Å². The van der Waals surface area contributed by atoms with Gasteiger partial charge in [0.25, 0.3) is 15.3 Å². The van der Waals surface area contributed by atoms with E-state index >= 15 is 0 Å². The van der Waals surface area contributed by atoms with Crippen LogP contribution in [0.2, 0.25) is 51.9 Å². The van der Waals surface area contributed by atoms with Crippen molar-refractivity contribution >= 4 is 54.5 Å². The molecule has 0 saturated carbocycles. The van der Waals surface area contributed by atoms with Crippen LogP contribution in [0.4, 0.5) is 30.7 Å². The molecular formula is C15H31Cl2F7O4Si4. The normalized spacial score (nSPS) is 17.5. The van der Waals surface area contributed by atoms with Gasteiger partial charge in [-0.25, -0.2) is 13.2 Å². The van der Waals surface area contributed by atoms with E-state index in [4.69, 9.17) is 34.5 Å². The lowest BCUT2D eigenvalue weighted by Gasteiger charge is -2.38. The molecule has 194 valence electrons. The van der Waals surface area contributed by atoms with Crippen LogP contribution in [-0.4, -0.2) is 70.0 Å². The highest BCUT2D eigenvalue weighted by Gasteiger charge is 2.67. The van der Waals surface area contributed by atoms with Gasteiger partial charge in [0.2, 0.25) is 0 Å². The molecule has 0 aliphatic rings. The molecule has 2 atom stereocenters. The van der Waals surface area contributed by atoms with Crippen LogP contribution in [0.1, 0.15) is 6.42 Å². The second-order valence-electron chi connectivity index (χ2n) is 8.76. The average Bonchev–Trinajstić information content (AvgIpc) is 2.48. The quantitative estimate of drug-likeness (QED) is 0.0892. The second kappa shape index (κ2) is 11.7. The van der Waals surface area contributed by atoms with E-state index in [9.17, 15) is 30.7 Å². The maximum atomic E-state index is 13.4. The monoisotopic (exact) mass is 590 g/mol. The fourth-order valence-electron chi connectivity index (χ4n) is 2.92. The van der Waals surface area contributed by atoms with Crippen molar-refractivity contribution in [2.24, 2.45) is 0 Å². The third-order valence-electron chi connectivity index (χ3n) is 3.73. The predicted octanol–water partition coefficient (Wildman–Crippen LogP) is 6.97. The van der Waals surface area contributed by atoms with Crippen LogP contribution >= 0.6 is 22.2 Å². The summed E-state index contributed by atoms with van der Waals surface area (Å²) in [6.45, 7) is 10.8. The minimum atomic E-state index is -5.80. The lowest BCUT2D eigenvalue weighted by atomic mass is 10.1. The van der Waals surface area contributed by atoms with E-state index in [1.807, 2.05) is 26.2 Å². The van der Waals surface area contributed by atoms with E-state index in [0.717, 1.165) is 0 Å². The first-order valence-corrected chi connectivity index (χ1v) is 22.9. The Morgan fingerprint density at radius 2 is 1.22 bits per heavy atom. The molecule has 0 amide bonds. The third-order valence-corrected chi connectivity index (χ3v) is 18.4. The maximum Gasteiger partial charge on any atom is 0.372 e. The molecule has 2 unspecified atom stereocenters. The summed E-state index contributed by atoms with van der Waals surface area (Å²) in [6, 6.07) is 0.257. The Balaban J connectivity index is 4.62. The van der Waals surface area contributed by atoms with E-state index < -0.39 is 63.4 Å². The van der Waals surface area contributed by atoms with Crippen LogP contribution in [0.3, 0.4) is 0 Å². The molecule has 0 fully saturated rings. The van der Waals surface area contributed by atoms with Crippen LogP contribution in [0.15, 0.2) is 0 Å². The fourth-order valence-corrected chi connectivity index (χ4v) is 22.4. The minimum Gasteiger partial charge on any atom is -0.425 e. The van der Waals surface area contributed by atoms with Gasteiger partial charge in [-0.05, 0) is 58.3 Å². The van der Waals surface area contributed by atoms with Crippen molar-refractivity contribution in [3.05, 3.63) is 0 Å². The minimum absolute atomic E-state index is 0.152. The van der Waals surface area contributed by atoms with Gasteiger partial charge in [0, 0.05) is 6.61 Å². The van der Waals surface area contributed by atoms with Crippen LogP contribution in [-0.2, 0) is 17.1 Å². The van der Waals surface area contributed by atoms with E-state index in [2.05, 4.69) is 4.74 Å². The predicted molar refractivity (Wildman–Crippen MR) is 120 cm³/mol. The van der Waals surface area contributed by atoms with Crippen LogP contribution in [0.25, 0.3) is 0 Å². The molecule has 32 heavy (non-hydrogen) atoms. The first-order valence-electron chi connectivity index (χ1n) is 9.68. The maximum absolute atomic E-state index is 13.4. The number of ether oxygens (including phenoxy) is 1. The van der Waals surface area contributed by atoms with Crippen molar-refractivity contribution in [1.29, 1.82) is 0 Å². The largest absolute Gasteiger partial charge is 0.425 e. The van der Waals surface area contributed by atoms with Crippen molar-refractivity contribution in [3.63, 3.8) is 0 Å². The number of rotatable bonds is 15. The standard InChI is InChI=1S/C15H31Cl2F7O4Si4/c1-29(2,16)26-30(3,4)27-31(5,6)28-32(7,17)10-8-9-25-11-12(18)14(21,22)15(23,24)13(19)20/h12-13H,8-11H2,1-7H3. The van der Waals surface area contributed by atoms with Crippen LogP contribution < -0.4 is 0 Å². The van der Waals surface area contributed by atoms with Crippen molar-refractivity contribution in [2.75, 3.05) is 13.2 Å². The zero-order valence-electron chi connectivity index (χ0n) is 19.0. The summed E-state index contributed by atoms with van der Waals surface area (Å²) in [5.74, 6) is -11.4. The lowest BCUT2D eigenvalue weighted by Crippen LogP contribution is -2.55. The van der Waals surface area contributed by atoms with E-state index in [1.165, 1.54) is 0 Å². The molecule has 0 aliphatic heterocycles. The molecule has 0 bridgehead atoms. The summed E-state index contributed by atoms with van der Waals surface area (Å²) in [6.07, 6.45) is -8.15. The van der Waals surface area contributed by atoms with Crippen LogP contribution in [0.5, 0.6) is 0 Å². The fraction of sp³-hybridized carbons (Fsp3) is 1.00. The molecule has 17 heteroatoms. The summed E-state index contributed by atoms with van der Waals surface area (Å²) in [7, 11) is -10.5. The van der Waals surface area contributed by atoms with Gasteiger partial charge < -0.3 is 17.1 Å². The molecule has 0 saturated heterocycles. The zero-order chi connectivity index (χ0) is 25.8. The van der Waals surface area contributed by atoms with Gasteiger partial charge in [0.05, 0.1) is 6.61 Å². The Hall–Kier alpha value is 0.798. The molecule has 0 heterocycles. The SMILES string of the molecule is C[Si](C)(Cl)O[Si](C)(C)O[Si](C)(C)O[Si](C)(Cl)CCCOCC(F)C(F)(F)C(F)(F)C(F)F. The van der Waals surface area contributed by atoms with E-state index in [1.54, 1.807) is 19.6 Å². The van der Waals surface area contributed by atoms with E-state index in [-0.39, 0.29) is 19.1 Å². The van der Waals surface area contributed by atoms with Gasteiger partial charge in [0.1, 0.15) is 0 Å². The van der Waals surface area contributed by atoms with Gasteiger partial charge in [-0.2, -0.15) is 17.6 Å². The molecule has 0 rings (SSSR count). The Labute approximate surface area is 198 Å². The van der Waals surface area contributed by atoms with Crippen molar-refractivity contribution < 1.29 is 47.8 Å². The topological polar surface area (TPSA) is 36.9 Å². The molecule has 0 N–H and O–H groups in total. The molecule has 0 aliphatic carbocycles. The molecule has 4 nitrogen and oxygen atoms in total. The van der Waals surface area contributed by atoms with Gasteiger partial charge in [0.15, 0.2) is 6.17 Å². The van der Waals surface area contributed by atoms with Crippen molar-refractivity contribution in [2.45, 2.75) is 82.7 Å². The molecule has 0 aromatic rings. The third kappa shape index (κ3) is 11.5. The number of hydrogen-bond donors (Lipinski definition) is 0. The highest BCUT2D eigenvalue weighted by molar-refractivity contribution is 7.19. The first-order chi connectivity index (χ1) is 13.9. The summed E-state index contributed by atoms with van der Waals surface area (Å²) in [5, 5.41) is 0.